The summed E-state index contributed by atoms with van der Waals surface area (Å²) < 4.78 is 0. The highest BCUT2D eigenvalue weighted by atomic mass is 14.3. The largest absolute Gasteiger partial charge is 0.313 e. The lowest BCUT2D eigenvalue weighted by molar-refractivity contribution is 1.24. The quantitative estimate of drug-likeness (QED) is 0.621. The first-order chi connectivity index (χ1) is 5.24. The van der Waals surface area contributed by atoms with Crippen LogP contribution in [0.5, 0.6) is 0 Å². The summed E-state index contributed by atoms with van der Waals surface area (Å²) in [6.45, 7) is 4.16. The number of nitrogens with one attached hydrogen (secondary N) is 1. The highest BCUT2D eigenvalue weighted by Crippen LogP contribution is 2.09. The predicted octanol–water partition coefficient (Wildman–Crippen LogP) is 2.50. The molecule has 0 spiro atoms. The van der Waals surface area contributed by atoms with E-state index in [1.807, 2.05) is 0 Å². The van der Waals surface area contributed by atoms with Crippen molar-refractivity contribution in [2.45, 2.75) is 20.3 Å². The average molecular weight is 147 g/mol. The van der Waals surface area contributed by atoms with Gasteiger partial charge in [0.05, 0.1) is 0 Å². The molecule has 0 aliphatic heterocycles. The van der Waals surface area contributed by atoms with Gasteiger partial charge in [-0.2, -0.15) is 0 Å². The summed E-state index contributed by atoms with van der Waals surface area (Å²) in [7, 11) is 0. The Balaban J connectivity index is 3.01. The molecule has 1 N–H and O–H groups in total. The summed E-state index contributed by atoms with van der Waals surface area (Å²) in [5.74, 6) is 0. The van der Waals surface area contributed by atoms with Gasteiger partial charge in [-0.15, -0.1) is 0 Å². The van der Waals surface area contributed by atoms with Crippen LogP contribution in [0.2, 0.25) is 0 Å². The van der Waals surface area contributed by atoms with Crippen LogP contribution in [0.25, 0.3) is 0 Å². The van der Waals surface area contributed by atoms with E-state index in [1.165, 1.54) is 22.9 Å². The Kier molecular flexibility index (Phi) is 2.42. The molecule has 0 aliphatic carbocycles. The van der Waals surface area contributed by atoms with E-state index in [9.17, 15) is 0 Å². The van der Waals surface area contributed by atoms with Crippen LogP contribution in [0.3, 0.4) is 0 Å². The van der Waals surface area contributed by atoms with Gasteiger partial charge in [0.15, 0.2) is 0 Å². The van der Waals surface area contributed by atoms with Crippen LogP contribution in [0.15, 0.2) is 18.2 Å². The Hall–Kier alpha value is -1.11. The van der Waals surface area contributed by atoms with Crippen molar-refractivity contribution in [3.63, 3.8) is 0 Å². The van der Waals surface area contributed by atoms with Crippen LogP contribution in [0.1, 0.15) is 16.7 Å². The predicted molar refractivity (Wildman–Crippen MR) is 48.4 cm³/mol. The molecule has 1 aromatic rings. The van der Waals surface area contributed by atoms with Crippen molar-refractivity contribution in [2.24, 2.45) is 0 Å². The molecule has 0 unspecified atom stereocenters. The van der Waals surface area contributed by atoms with Crippen molar-refractivity contribution < 1.29 is 0 Å². The molecule has 0 amide bonds. The molecule has 0 radical (unpaired) electrons. The summed E-state index contributed by atoms with van der Waals surface area (Å²) in [6, 6.07) is 6.34. The molecule has 1 heteroatoms. The summed E-state index contributed by atoms with van der Waals surface area (Å²) in [4.78, 5) is 0. The molecule has 1 aromatic carbocycles. The molecular weight excluding hydrogens is 134 g/mol. The molecule has 0 saturated heterocycles. The van der Waals surface area contributed by atoms with E-state index in [0.29, 0.717) is 0 Å². The molecular formula is C10H13N. The summed E-state index contributed by atoms with van der Waals surface area (Å²) in [6.07, 6.45) is 2.20. The van der Waals surface area contributed by atoms with E-state index in [1.54, 1.807) is 0 Å². The normalized spacial score (nSPS) is 9.64. The number of aryl methyl sites for hydroxylation is 2. The Bertz CT molecular complexity index is 264. The number of rotatable bonds is 2. The third-order valence-electron chi connectivity index (χ3n) is 1.83. The zero-order valence-corrected chi connectivity index (χ0v) is 7.02. The van der Waals surface area contributed by atoms with E-state index in [-0.39, 0.29) is 0 Å². The van der Waals surface area contributed by atoms with Gasteiger partial charge in [-0.25, -0.2) is 0 Å². The minimum atomic E-state index is 0.757. The lowest BCUT2D eigenvalue weighted by atomic mass is 10.0. The van der Waals surface area contributed by atoms with E-state index in [2.05, 4.69) is 32.0 Å². The second kappa shape index (κ2) is 3.33. The molecule has 0 fully saturated rings. The monoisotopic (exact) mass is 147 g/mol. The first kappa shape index (κ1) is 7.99. The van der Waals surface area contributed by atoms with E-state index < -0.39 is 0 Å². The van der Waals surface area contributed by atoms with Crippen molar-refractivity contribution in [3.8, 4) is 0 Å². The SMILES string of the molecule is Cc1ccc(C)c(CC=N)c1. The Morgan fingerprint density at radius 1 is 1.36 bits per heavy atom. The Labute approximate surface area is 67.6 Å². The van der Waals surface area contributed by atoms with Crippen LogP contribution in [0, 0.1) is 19.3 Å². The highest BCUT2D eigenvalue weighted by Gasteiger charge is 1.95. The fourth-order valence-corrected chi connectivity index (χ4v) is 1.13. The van der Waals surface area contributed by atoms with Crippen LogP contribution >= 0.6 is 0 Å². The number of hydrogen-bond acceptors (Lipinski definition) is 1. The standard InChI is InChI=1S/C10H13N/c1-8-3-4-9(2)10(7-8)5-6-11/h3-4,6-7,11H,5H2,1-2H3. The van der Waals surface area contributed by atoms with Gasteiger partial charge >= 0.3 is 0 Å². The number of benzene rings is 1. The second-order valence-corrected chi connectivity index (χ2v) is 2.84. The molecule has 1 nitrogen and oxygen atoms in total. The van der Waals surface area contributed by atoms with Gasteiger partial charge in [0.25, 0.3) is 0 Å². The maximum absolute atomic E-state index is 6.98. The average Bonchev–Trinajstić information content (AvgIpc) is 1.98. The molecule has 58 valence electrons. The molecule has 0 atom stereocenters. The van der Waals surface area contributed by atoms with Crippen LogP contribution in [-0.2, 0) is 6.42 Å². The molecule has 0 aliphatic rings. The van der Waals surface area contributed by atoms with E-state index in [4.69, 9.17) is 5.41 Å². The topological polar surface area (TPSA) is 23.9 Å². The van der Waals surface area contributed by atoms with Gasteiger partial charge in [-0.1, -0.05) is 23.8 Å². The van der Waals surface area contributed by atoms with Crippen molar-refractivity contribution in [1.82, 2.24) is 0 Å². The second-order valence-electron chi connectivity index (χ2n) is 2.84. The molecule has 0 heterocycles. The van der Waals surface area contributed by atoms with Gasteiger partial charge in [0.1, 0.15) is 0 Å². The Morgan fingerprint density at radius 3 is 2.73 bits per heavy atom. The summed E-state index contributed by atoms with van der Waals surface area (Å²) in [5, 5.41) is 6.98. The van der Waals surface area contributed by atoms with Crippen molar-refractivity contribution >= 4 is 6.21 Å². The highest BCUT2D eigenvalue weighted by molar-refractivity contribution is 5.59. The van der Waals surface area contributed by atoms with Gasteiger partial charge < -0.3 is 5.41 Å². The summed E-state index contributed by atoms with van der Waals surface area (Å²) >= 11 is 0. The van der Waals surface area contributed by atoms with Crippen LogP contribution in [0.4, 0.5) is 0 Å². The minimum absolute atomic E-state index is 0.757. The van der Waals surface area contributed by atoms with Gasteiger partial charge in [-0.05, 0) is 31.2 Å². The molecule has 11 heavy (non-hydrogen) atoms. The first-order valence-electron chi connectivity index (χ1n) is 3.79. The maximum Gasteiger partial charge on any atom is 0.00741 e. The van der Waals surface area contributed by atoms with Crippen molar-refractivity contribution in [2.75, 3.05) is 0 Å². The fraction of sp³-hybridized carbons (Fsp3) is 0.300. The van der Waals surface area contributed by atoms with Gasteiger partial charge in [-0.3, -0.25) is 0 Å². The third kappa shape index (κ3) is 1.90. The first-order valence-corrected chi connectivity index (χ1v) is 3.79. The van der Waals surface area contributed by atoms with E-state index >= 15 is 0 Å². The van der Waals surface area contributed by atoms with Gasteiger partial charge in [0.2, 0.25) is 0 Å². The third-order valence-corrected chi connectivity index (χ3v) is 1.83. The van der Waals surface area contributed by atoms with Crippen LogP contribution in [-0.4, -0.2) is 6.21 Å². The maximum atomic E-state index is 6.98. The molecule has 1 rings (SSSR count). The fourth-order valence-electron chi connectivity index (χ4n) is 1.13. The van der Waals surface area contributed by atoms with Crippen LogP contribution < -0.4 is 0 Å². The minimum Gasteiger partial charge on any atom is -0.313 e. The van der Waals surface area contributed by atoms with E-state index in [0.717, 1.165) is 6.42 Å². The zero-order chi connectivity index (χ0) is 8.27. The Morgan fingerprint density at radius 2 is 2.09 bits per heavy atom. The lowest BCUT2D eigenvalue weighted by Crippen LogP contribution is -1.90. The summed E-state index contributed by atoms with van der Waals surface area (Å²) in [5.41, 5.74) is 3.81. The molecule has 0 saturated carbocycles. The van der Waals surface area contributed by atoms with Gasteiger partial charge in [0, 0.05) is 6.42 Å². The van der Waals surface area contributed by atoms with Crippen molar-refractivity contribution in [1.29, 1.82) is 5.41 Å². The van der Waals surface area contributed by atoms with Crippen molar-refractivity contribution in [3.05, 3.63) is 34.9 Å². The lowest BCUT2D eigenvalue weighted by Gasteiger charge is -2.02. The molecule has 0 bridgehead atoms. The zero-order valence-electron chi connectivity index (χ0n) is 7.02. The smallest absolute Gasteiger partial charge is 0.00741 e. The number of hydrogen-bond donors (Lipinski definition) is 1. The molecule has 0 aromatic heterocycles.